The Morgan fingerprint density at radius 1 is 1.00 bits per heavy atom. The van der Waals surface area contributed by atoms with Crippen LogP contribution in [0.3, 0.4) is 0 Å². The highest BCUT2D eigenvalue weighted by molar-refractivity contribution is 7.21. The molecule has 1 heterocycles. The van der Waals surface area contributed by atoms with E-state index in [1.165, 1.54) is 0 Å². The number of nitrogens with zero attached hydrogens (tertiary/aromatic N) is 1. The summed E-state index contributed by atoms with van der Waals surface area (Å²) in [6.07, 6.45) is 0. The molecule has 0 aliphatic carbocycles. The number of fused-ring (bicyclic) bond motifs is 1. The predicted octanol–water partition coefficient (Wildman–Crippen LogP) is 5.68. The summed E-state index contributed by atoms with van der Waals surface area (Å²) in [5.41, 5.74) is 7.53. The van der Waals surface area contributed by atoms with Gasteiger partial charge in [0.25, 0.3) is 11.7 Å². The molecule has 156 valence electrons. The Kier molecular flexibility index (Phi) is 6.08. The summed E-state index contributed by atoms with van der Waals surface area (Å²) < 4.78 is 6.64. The first-order chi connectivity index (χ1) is 14.9. The number of hydrogen-bond donors (Lipinski definition) is 2. The third-order valence-electron chi connectivity index (χ3n) is 4.27. The second-order valence-corrected chi connectivity index (χ2v) is 8.51. The first kappa shape index (κ1) is 21.1. The standard InChI is InChI=1S/C22H15Cl2N3O3S/c23-13-7-14(24)9-17(8-13)30-16-3-1-2-12(6-16)11-26-15-4-5-18-19(10-15)31-22(27-18)20(28)21(25)29/h1-10,26H,11H2,(H2,25,29). The van der Waals surface area contributed by atoms with Gasteiger partial charge >= 0.3 is 0 Å². The summed E-state index contributed by atoms with van der Waals surface area (Å²) in [6.45, 7) is 0.547. The number of nitrogens with one attached hydrogen (secondary N) is 1. The maximum Gasteiger partial charge on any atom is 0.292 e. The monoisotopic (exact) mass is 471 g/mol. The quantitative estimate of drug-likeness (QED) is 0.267. The summed E-state index contributed by atoms with van der Waals surface area (Å²) in [5, 5.41) is 4.42. The highest BCUT2D eigenvalue weighted by Crippen LogP contribution is 2.29. The Morgan fingerprint density at radius 2 is 1.77 bits per heavy atom. The third kappa shape index (κ3) is 5.14. The second kappa shape index (κ2) is 8.93. The van der Waals surface area contributed by atoms with Crippen LogP contribution >= 0.6 is 34.5 Å². The van der Waals surface area contributed by atoms with Gasteiger partial charge in [0.05, 0.1) is 10.2 Å². The molecule has 0 radical (unpaired) electrons. The number of hydrogen-bond acceptors (Lipinski definition) is 6. The molecular weight excluding hydrogens is 457 g/mol. The molecule has 0 spiro atoms. The fourth-order valence-electron chi connectivity index (χ4n) is 2.88. The van der Waals surface area contributed by atoms with Crippen LogP contribution in [-0.4, -0.2) is 16.7 Å². The zero-order chi connectivity index (χ0) is 22.0. The number of Topliss-reactive ketones (excluding diaryl/α,β-unsaturated/α-hetero) is 1. The topological polar surface area (TPSA) is 94.3 Å². The molecule has 31 heavy (non-hydrogen) atoms. The highest BCUT2D eigenvalue weighted by atomic mass is 35.5. The number of carbonyl (C=O) groups is 2. The normalized spacial score (nSPS) is 10.8. The van der Waals surface area contributed by atoms with E-state index in [1.54, 1.807) is 24.3 Å². The van der Waals surface area contributed by atoms with Crippen molar-refractivity contribution in [2.24, 2.45) is 5.73 Å². The largest absolute Gasteiger partial charge is 0.457 e. The maximum absolute atomic E-state index is 11.7. The molecule has 6 nitrogen and oxygen atoms in total. The van der Waals surface area contributed by atoms with E-state index in [-0.39, 0.29) is 5.01 Å². The first-order valence-electron chi connectivity index (χ1n) is 9.09. The first-order valence-corrected chi connectivity index (χ1v) is 10.7. The number of carbonyl (C=O) groups excluding carboxylic acids is 2. The van der Waals surface area contributed by atoms with E-state index in [4.69, 9.17) is 33.7 Å². The van der Waals surface area contributed by atoms with Gasteiger partial charge in [-0.2, -0.15) is 0 Å². The van der Waals surface area contributed by atoms with E-state index >= 15 is 0 Å². The van der Waals surface area contributed by atoms with E-state index < -0.39 is 11.7 Å². The number of thiazole rings is 1. The van der Waals surface area contributed by atoms with Gasteiger partial charge < -0.3 is 15.8 Å². The molecule has 0 fully saturated rings. The van der Waals surface area contributed by atoms with Crippen molar-refractivity contribution < 1.29 is 14.3 Å². The Balaban J connectivity index is 1.46. The van der Waals surface area contributed by atoms with Crippen LogP contribution in [0.15, 0.2) is 60.7 Å². The molecule has 0 atom stereocenters. The molecule has 1 amide bonds. The number of ketones is 1. The molecule has 9 heteroatoms. The number of rotatable bonds is 7. The molecule has 3 N–H and O–H groups in total. The van der Waals surface area contributed by atoms with Crippen LogP contribution < -0.4 is 15.8 Å². The van der Waals surface area contributed by atoms with Gasteiger partial charge in [0, 0.05) is 22.3 Å². The molecule has 4 aromatic rings. The highest BCUT2D eigenvalue weighted by Gasteiger charge is 2.17. The van der Waals surface area contributed by atoms with Crippen molar-refractivity contribution in [3.8, 4) is 11.5 Å². The van der Waals surface area contributed by atoms with Gasteiger partial charge in [-0.15, -0.1) is 11.3 Å². The van der Waals surface area contributed by atoms with Crippen LogP contribution in [0.4, 0.5) is 5.69 Å². The summed E-state index contributed by atoms with van der Waals surface area (Å²) in [4.78, 5) is 27.0. The lowest BCUT2D eigenvalue weighted by Gasteiger charge is -2.10. The van der Waals surface area contributed by atoms with Gasteiger partial charge in [-0.25, -0.2) is 4.98 Å². The minimum atomic E-state index is -1.01. The number of amides is 1. The molecule has 0 unspecified atom stereocenters. The zero-order valence-corrected chi connectivity index (χ0v) is 18.2. The number of primary amides is 1. The van der Waals surface area contributed by atoms with Crippen LogP contribution in [0.2, 0.25) is 10.0 Å². The second-order valence-electron chi connectivity index (χ2n) is 6.60. The SMILES string of the molecule is NC(=O)C(=O)c1nc2ccc(NCc3cccc(Oc4cc(Cl)cc(Cl)c4)c3)cc2s1. The summed E-state index contributed by atoms with van der Waals surface area (Å²) >= 11 is 13.2. The van der Waals surface area contributed by atoms with Gasteiger partial charge in [0.15, 0.2) is 5.01 Å². The Morgan fingerprint density at radius 3 is 2.52 bits per heavy atom. The maximum atomic E-state index is 11.7. The number of halogens is 2. The van der Waals surface area contributed by atoms with Crippen LogP contribution in [0.25, 0.3) is 10.2 Å². The molecule has 0 saturated carbocycles. The van der Waals surface area contributed by atoms with Gasteiger partial charge in [-0.05, 0) is 54.1 Å². The summed E-state index contributed by atoms with van der Waals surface area (Å²) in [5.74, 6) is -0.585. The van der Waals surface area contributed by atoms with E-state index in [0.717, 1.165) is 27.3 Å². The lowest BCUT2D eigenvalue weighted by Crippen LogP contribution is -2.22. The lowest BCUT2D eigenvalue weighted by molar-refractivity contribution is -0.114. The van der Waals surface area contributed by atoms with Crippen molar-refractivity contribution in [1.29, 1.82) is 0 Å². The van der Waals surface area contributed by atoms with Crippen molar-refractivity contribution in [2.45, 2.75) is 6.54 Å². The van der Waals surface area contributed by atoms with Crippen molar-refractivity contribution in [1.82, 2.24) is 4.98 Å². The molecular formula is C22H15Cl2N3O3S. The van der Waals surface area contributed by atoms with Crippen LogP contribution in [0.5, 0.6) is 11.5 Å². The molecule has 1 aromatic heterocycles. The molecule has 0 aliphatic heterocycles. The van der Waals surface area contributed by atoms with Crippen LogP contribution in [0.1, 0.15) is 15.4 Å². The van der Waals surface area contributed by atoms with Gasteiger partial charge in [0.1, 0.15) is 11.5 Å². The lowest BCUT2D eigenvalue weighted by atomic mass is 10.2. The van der Waals surface area contributed by atoms with Crippen LogP contribution in [0, 0.1) is 0 Å². The zero-order valence-electron chi connectivity index (χ0n) is 15.9. The van der Waals surface area contributed by atoms with E-state index in [9.17, 15) is 9.59 Å². The summed E-state index contributed by atoms with van der Waals surface area (Å²) in [6, 6.07) is 18.2. The van der Waals surface area contributed by atoms with Crippen molar-refractivity contribution in [3.63, 3.8) is 0 Å². The predicted molar refractivity (Wildman–Crippen MR) is 123 cm³/mol. The Hall–Kier alpha value is -3.13. The number of aromatic nitrogens is 1. The van der Waals surface area contributed by atoms with Gasteiger partial charge in [-0.3, -0.25) is 9.59 Å². The molecule has 0 saturated heterocycles. The minimum absolute atomic E-state index is 0.0885. The number of anilines is 1. The smallest absolute Gasteiger partial charge is 0.292 e. The summed E-state index contributed by atoms with van der Waals surface area (Å²) in [7, 11) is 0. The fourth-order valence-corrected chi connectivity index (χ4v) is 4.34. The molecule has 0 bridgehead atoms. The van der Waals surface area contributed by atoms with Crippen molar-refractivity contribution >= 4 is 62.1 Å². The Bertz CT molecular complexity index is 1290. The average molecular weight is 472 g/mol. The van der Waals surface area contributed by atoms with Gasteiger partial charge in [-0.1, -0.05) is 35.3 Å². The third-order valence-corrected chi connectivity index (χ3v) is 5.73. The van der Waals surface area contributed by atoms with E-state index in [0.29, 0.717) is 33.6 Å². The fraction of sp³-hybridized carbons (Fsp3) is 0.0455. The van der Waals surface area contributed by atoms with Crippen molar-refractivity contribution in [3.05, 3.63) is 81.3 Å². The van der Waals surface area contributed by atoms with Gasteiger partial charge in [0.2, 0.25) is 0 Å². The molecule has 4 rings (SSSR count). The Labute approximate surface area is 191 Å². The van der Waals surface area contributed by atoms with Crippen LogP contribution in [-0.2, 0) is 11.3 Å². The molecule has 3 aromatic carbocycles. The average Bonchev–Trinajstić information content (AvgIpc) is 3.14. The molecule has 0 aliphatic rings. The number of nitrogens with two attached hydrogens (primary N) is 1. The van der Waals surface area contributed by atoms with E-state index in [1.807, 2.05) is 36.4 Å². The van der Waals surface area contributed by atoms with E-state index in [2.05, 4.69) is 10.3 Å². The van der Waals surface area contributed by atoms with Crippen molar-refractivity contribution in [2.75, 3.05) is 5.32 Å². The number of ether oxygens (including phenoxy) is 1. The minimum Gasteiger partial charge on any atom is -0.457 e. The number of benzene rings is 3.